The predicted octanol–water partition coefficient (Wildman–Crippen LogP) is 9.99. The molecule has 0 saturated heterocycles. The molecule has 0 bridgehead atoms. The maximum absolute atomic E-state index is 13.5. The predicted molar refractivity (Wildman–Crippen MR) is 146 cm³/mol. The molecule has 0 aliphatic carbocycles. The monoisotopic (exact) mass is 508 g/mol. The molecule has 33 heavy (non-hydrogen) atoms. The topological polar surface area (TPSA) is 34.1 Å². The van der Waals surface area contributed by atoms with E-state index in [1.165, 1.54) is 89.9 Å². The van der Waals surface area contributed by atoms with Crippen molar-refractivity contribution in [1.82, 2.24) is 0 Å². The second-order valence-electron chi connectivity index (χ2n) is 9.79. The number of hydrogen-bond acceptors (Lipinski definition) is 4. The number of thiophene rings is 2. The van der Waals surface area contributed by atoms with Crippen LogP contribution < -0.4 is 0 Å². The van der Waals surface area contributed by atoms with E-state index in [9.17, 15) is 8.42 Å². The van der Waals surface area contributed by atoms with Crippen LogP contribution in [-0.2, 0) is 22.7 Å². The van der Waals surface area contributed by atoms with E-state index in [1.54, 1.807) is 22.7 Å². The van der Waals surface area contributed by atoms with Crippen molar-refractivity contribution in [2.75, 3.05) is 0 Å². The Morgan fingerprint density at radius 3 is 1.24 bits per heavy atom. The number of sulfone groups is 1. The van der Waals surface area contributed by atoms with Gasteiger partial charge < -0.3 is 0 Å². The maximum Gasteiger partial charge on any atom is 0.210 e. The normalized spacial score (nSPS) is 14.0. The van der Waals surface area contributed by atoms with Gasteiger partial charge >= 0.3 is 0 Å². The van der Waals surface area contributed by atoms with Gasteiger partial charge in [-0.25, -0.2) is 8.42 Å². The Balaban J connectivity index is 1.49. The first-order chi connectivity index (χ1) is 16.1. The summed E-state index contributed by atoms with van der Waals surface area (Å²) in [5, 5.41) is 4.23. The zero-order valence-electron chi connectivity index (χ0n) is 20.9. The van der Waals surface area contributed by atoms with E-state index in [-0.39, 0.29) is 0 Å². The molecule has 0 atom stereocenters. The van der Waals surface area contributed by atoms with Crippen molar-refractivity contribution in [1.29, 1.82) is 0 Å². The van der Waals surface area contributed by atoms with Gasteiger partial charge in [0.2, 0.25) is 9.84 Å². The summed E-state index contributed by atoms with van der Waals surface area (Å²) < 4.78 is 27.0. The van der Waals surface area contributed by atoms with Crippen LogP contribution in [-0.4, -0.2) is 8.42 Å². The molecular weight excluding hydrogens is 465 g/mol. The Morgan fingerprint density at radius 2 is 0.879 bits per heavy atom. The van der Waals surface area contributed by atoms with Crippen LogP contribution in [0.4, 0.5) is 0 Å². The molecule has 2 aromatic rings. The highest BCUT2D eigenvalue weighted by Gasteiger charge is 2.39. The molecule has 0 fully saturated rings. The Labute approximate surface area is 211 Å². The molecule has 0 radical (unpaired) electrons. The third kappa shape index (κ3) is 7.18. The lowest BCUT2D eigenvalue weighted by Gasteiger charge is -2.06. The fraction of sp³-hybridized carbons (Fsp3) is 0.714. The van der Waals surface area contributed by atoms with Gasteiger partial charge in [0.05, 0.1) is 19.5 Å². The molecule has 0 aromatic carbocycles. The zero-order chi connectivity index (χ0) is 23.5. The first-order valence-electron chi connectivity index (χ1n) is 13.6. The van der Waals surface area contributed by atoms with E-state index in [0.717, 1.165) is 46.6 Å². The summed E-state index contributed by atoms with van der Waals surface area (Å²) in [6.45, 7) is 4.51. The first kappa shape index (κ1) is 26.9. The molecule has 2 aromatic heterocycles. The summed E-state index contributed by atoms with van der Waals surface area (Å²) in [6.07, 6.45) is 22.3. The van der Waals surface area contributed by atoms with Crippen LogP contribution >= 0.6 is 22.7 Å². The molecule has 3 heterocycles. The van der Waals surface area contributed by atoms with Crippen molar-refractivity contribution >= 4 is 32.5 Å². The first-order valence-corrected chi connectivity index (χ1v) is 16.8. The third-order valence-electron chi connectivity index (χ3n) is 6.98. The summed E-state index contributed by atoms with van der Waals surface area (Å²) >= 11 is 3.29. The molecule has 1 aliphatic heterocycles. The Bertz CT molecular complexity index is 866. The van der Waals surface area contributed by atoms with E-state index in [1.807, 2.05) is 0 Å². The fourth-order valence-corrected chi connectivity index (χ4v) is 10.3. The van der Waals surface area contributed by atoms with E-state index in [4.69, 9.17) is 0 Å². The minimum Gasteiger partial charge on any atom is -0.218 e. The van der Waals surface area contributed by atoms with E-state index in [0.29, 0.717) is 9.79 Å². The number of aryl methyl sites for hydroxylation is 2. The van der Waals surface area contributed by atoms with Crippen LogP contribution in [0.1, 0.15) is 128 Å². The highest BCUT2D eigenvalue weighted by Crippen LogP contribution is 2.53. The molecule has 1 aliphatic rings. The summed E-state index contributed by atoms with van der Waals surface area (Å²) in [5.74, 6) is 0. The summed E-state index contributed by atoms with van der Waals surface area (Å²) in [5.41, 5.74) is 2.14. The molecule has 5 heteroatoms. The lowest BCUT2D eigenvalue weighted by atomic mass is 10.0. The third-order valence-corrected chi connectivity index (χ3v) is 11.5. The molecule has 0 spiro atoms. The highest BCUT2D eigenvalue weighted by atomic mass is 32.2. The van der Waals surface area contributed by atoms with Gasteiger partial charge in [0.1, 0.15) is 0 Å². The van der Waals surface area contributed by atoms with Crippen LogP contribution in [0.3, 0.4) is 0 Å². The van der Waals surface area contributed by atoms with Crippen molar-refractivity contribution in [3.63, 3.8) is 0 Å². The lowest BCUT2D eigenvalue weighted by Crippen LogP contribution is -2.02. The van der Waals surface area contributed by atoms with Crippen molar-refractivity contribution in [2.45, 2.75) is 139 Å². The second kappa shape index (κ2) is 14.0. The zero-order valence-corrected chi connectivity index (χ0v) is 23.4. The Morgan fingerprint density at radius 1 is 0.545 bits per heavy atom. The van der Waals surface area contributed by atoms with Crippen molar-refractivity contribution < 1.29 is 8.42 Å². The second-order valence-corrected chi connectivity index (χ2v) is 13.4. The van der Waals surface area contributed by atoms with Crippen molar-refractivity contribution in [3.8, 4) is 9.75 Å². The number of fused-ring (bicyclic) bond motifs is 3. The van der Waals surface area contributed by atoms with E-state index in [2.05, 4.69) is 24.6 Å². The quantitative estimate of drug-likeness (QED) is 0.160. The smallest absolute Gasteiger partial charge is 0.210 e. The van der Waals surface area contributed by atoms with Gasteiger partial charge in [-0.1, -0.05) is 104 Å². The average molecular weight is 509 g/mol. The van der Waals surface area contributed by atoms with Gasteiger partial charge in [0.25, 0.3) is 0 Å². The van der Waals surface area contributed by atoms with Gasteiger partial charge in [0, 0.05) is 0 Å². The molecular formula is C28H44O2S3. The van der Waals surface area contributed by atoms with Crippen molar-refractivity contribution in [3.05, 3.63) is 21.9 Å². The number of unbranched alkanes of at least 4 members (excludes halogenated alkanes) is 14. The Kier molecular flexibility index (Phi) is 11.5. The largest absolute Gasteiger partial charge is 0.218 e. The standard InChI is InChI=1S/C28H44O2S3/c1-3-5-7-9-11-13-15-17-19-23-21-31-25-26-28(33(29,30)27(23)25)24(22-32-26)20-18-16-14-12-10-8-6-4-2/h21-22H,3-20H2,1-2H3. The minimum atomic E-state index is -3.33. The molecule has 186 valence electrons. The van der Waals surface area contributed by atoms with E-state index >= 15 is 0 Å². The molecule has 2 nitrogen and oxygen atoms in total. The van der Waals surface area contributed by atoms with E-state index < -0.39 is 9.84 Å². The van der Waals surface area contributed by atoms with Crippen molar-refractivity contribution in [2.24, 2.45) is 0 Å². The van der Waals surface area contributed by atoms with Crippen LogP contribution in [0.5, 0.6) is 0 Å². The highest BCUT2D eigenvalue weighted by molar-refractivity contribution is 7.92. The van der Waals surface area contributed by atoms with Gasteiger partial charge in [0.15, 0.2) is 0 Å². The van der Waals surface area contributed by atoms with Gasteiger partial charge in [-0.05, 0) is 47.6 Å². The molecule has 0 amide bonds. The summed E-state index contributed by atoms with van der Waals surface area (Å²) in [4.78, 5) is 3.36. The number of rotatable bonds is 18. The van der Waals surface area contributed by atoms with Crippen LogP contribution in [0.2, 0.25) is 0 Å². The van der Waals surface area contributed by atoms with Crippen LogP contribution in [0, 0.1) is 0 Å². The molecule has 0 N–H and O–H groups in total. The fourth-order valence-electron chi connectivity index (χ4n) is 5.01. The lowest BCUT2D eigenvalue weighted by molar-refractivity contribution is 0.572. The van der Waals surface area contributed by atoms with Crippen LogP contribution in [0.25, 0.3) is 9.75 Å². The van der Waals surface area contributed by atoms with Crippen LogP contribution in [0.15, 0.2) is 20.6 Å². The minimum absolute atomic E-state index is 0.662. The maximum atomic E-state index is 13.5. The number of hydrogen-bond donors (Lipinski definition) is 0. The SMILES string of the molecule is CCCCCCCCCCc1csc2c1S(=O)(=O)c1c(CCCCCCCCCC)csc1-2. The van der Waals surface area contributed by atoms with Gasteiger partial charge in [-0.2, -0.15) is 0 Å². The summed E-state index contributed by atoms with van der Waals surface area (Å²) in [6, 6.07) is 0. The molecule has 0 saturated carbocycles. The average Bonchev–Trinajstić information content (AvgIpc) is 3.47. The summed E-state index contributed by atoms with van der Waals surface area (Å²) in [7, 11) is -3.33. The Hall–Kier alpha value is -0.650. The van der Waals surface area contributed by atoms with Gasteiger partial charge in [-0.3, -0.25) is 0 Å². The molecule has 3 rings (SSSR count). The van der Waals surface area contributed by atoms with Gasteiger partial charge in [-0.15, -0.1) is 22.7 Å². The molecule has 0 unspecified atom stereocenters.